The molecule has 0 spiro atoms. The Bertz CT molecular complexity index is 599. The summed E-state index contributed by atoms with van der Waals surface area (Å²) < 4.78 is 11.9. The van der Waals surface area contributed by atoms with Crippen LogP contribution in [0.1, 0.15) is 19.8 Å². The number of hydrogen-bond donors (Lipinski definition) is 3. The second kappa shape index (κ2) is 9.41. The number of carbonyl (C=O) groups excluding carboxylic acids is 1. The standard InChI is InChI=1S/C15H19BrClN3O3S/c1-9(23-13-5-4-10(16)7-12(13)17)14(21)19-20-15(24)18-8-11-3-2-6-22-11/h4-5,7,9,11H,2-3,6,8H2,1H3,(H,19,21)(H2,18,20,24)/t9-,11+/m0/s1. The molecule has 9 heteroatoms. The summed E-state index contributed by atoms with van der Waals surface area (Å²) in [4.78, 5) is 12.0. The fourth-order valence-corrected chi connectivity index (χ4v) is 2.94. The fraction of sp³-hybridized carbons (Fsp3) is 0.467. The van der Waals surface area contributed by atoms with Gasteiger partial charge in [0, 0.05) is 17.6 Å². The first-order valence-electron chi connectivity index (χ1n) is 7.52. The maximum Gasteiger partial charge on any atom is 0.279 e. The maximum atomic E-state index is 12.0. The van der Waals surface area contributed by atoms with Gasteiger partial charge in [-0.05, 0) is 50.2 Å². The summed E-state index contributed by atoms with van der Waals surface area (Å²) in [5, 5.41) is 3.75. The van der Waals surface area contributed by atoms with Crippen LogP contribution in [0.15, 0.2) is 22.7 Å². The summed E-state index contributed by atoms with van der Waals surface area (Å²) in [6.07, 6.45) is 1.51. The summed E-state index contributed by atoms with van der Waals surface area (Å²) in [6, 6.07) is 5.18. The molecule has 0 saturated carbocycles. The second-order valence-corrected chi connectivity index (χ2v) is 7.03. The van der Waals surface area contributed by atoms with Gasteiger partial charge >= 0.3 is 0 Å². The molecule has 1 heterocycles. The number of hydrazine groups is 1. The number of amides is 1. The smallest absolute Gasteiger partial charge is 0.279 e. The zero-order valence-corrected chi connectivity index (χ0v) is 16.3. The normalized spacial score (nSPS) is 17.9. The van der Waals surface area contributed by atoms with E-state index in [2.05, 4.69) is 32.1 Å². The highest BCUT2D eigenvalue weighted by Gasteiger charge is 2.17. The van der Waals surface area contributed by atoms with E-state index in [4.69, 9.17) is 33.3 Å². The number of rotatable bonds is 5. The van der Waals surface area contributed by atoms with Crippen molar-refractivity contribution in [2.75, 3.05) is 13.2 Å². The van der Waals surface area contributed by atoms with Gasteiger partial charge in [0.05, 0.1) is 11.1 Å². The number of nitrogens with one attached hydrogen (secondary N) is 3. The summed E-state index contributed by atoms with van der Waals surface area (Å²) in [6.45, 7) is 3.03. The van der Waals surface area contributed by atoms with E-state index in [9.17, 15) is 4.79 Å². The van der Waals surface area contributed by atoms with Crippen LogP contribution in [0.2, 0.25) is 5.02 Å². The van der Waals surface area contributed by atoms with Crippen LogP contribution in [0.3, 0.4) is 0 Å². The van der Waals surface area contributed by atoms with Crippen molar-refractivity contribution in [3.63, 3.8) is 0 Å². The number of benzene rings is 1. The molecular formula is C15H19BrClN3O3S. The number of halogens is 2. The zero-order valence-electron chi connectivity index (χ0n) is 13.1. The van der Waals surface area contributed by atoms with E-state index in [0.717, 1.165) is 23.9 Å². The molecule has 132 valence electrons. The van der Waals surface area contributed by atoms with Gasteiger partial charge in [0.15, 0.2) is 11.2 Å². The van der Waals surface area contributed by atoms with Gasteiger partial charge in [-0.15, -0.1) is 0 Å². The average molecular weight is 437 g/mol. The topological polar surface area (TPSA) is 71.6 Å². The zero-order chi connectivity index (χ0) is 17.5. The fourth-order valence-electron chi connectivity index (χ4n) is 2.09. The SMILES string of the molecule is C[C@H](Oc1ccc(Br)cc1Cl)C(=O)NNC(=S)NC[C@H]1CCCO1. The molecule has 1 aromatic carbocycles. The van der Waals surface area contributed by atoms with Crippen molar-refractivity contribution < 1.29 is 14.3 Å². The minimum Gasteiger partial charge on any atom is -0.479 e. The van der Waals surface area contributed by atoms with Gasteiger partial charge < -0.3 is 14.8 Å². The summed E-state index contributed by atoms with van der Waals surface area (Å²) in [7, 11) is 0. The third kappa shape index (κ3) is 6.08. The number of thiocarbonyl (C=S) groups is 1. The molecule has 1 aliphatic rings. The lowest BCUT2D eigenvalue weighted by atomic mass is 10.2. The first-order valence-corrected chi connectivity index (χ1v) is 9.10. The van der Waals surface area contributed by atoms with Crippen LogP contribution in [0, 0.1) is 0 Å². The quantitative estimate of drug-likeness (QED) is 0.487. The Morgan fingerprint density at radius 2 is 2.33 bits per heavy atom. The lowest BCUT2D eigenvalue weighted by Crippen LogP contribution is -2.51. The van der Waals surface area contributed by atoms with Gasteiger partial charge in [-0.3, -0.25) is 15.6 Å². The van der Waals surface area contributed by atoms with Crippen LogP contribution in [-0.2, 0) is 9.53 Å². The number of ether oxygens (including phenoxy) is 2. The van der Waals surface area contributed by atoms with Crippen LogP contribution < -0.4 is 20.9 Å². The van der Waals surface area contributed by atoms with E-state index in [1.807, 2.05) is 0 Å². The van der Waals surface area contributed by atoms with E-state index in [-0.39, 0.29) is 12.0 Å². The lowest BCUT2D eigenvalue weighted by Gasteiger charge is -2.18. The molecule has 6 nitrogen and oxygen atoms in total. The third-order valence-corrected chi connectivity index (χ3v) is 4.42. The van der Waals surface area contributed by atoms with E-state index < -0.39 is 6.10 Å². The molecule has 24 heavy (non-hydrogen) atoms. The lowest BCUT2D eigenvalue weighted by molar-refractivity contribution is -0.127. The molecule has 1 amide bonds. The number of hydrogen-bond acceptors (Lipinski definition) is 4. The Kier molecular flexibility index (Phi) is 7.54. The van der Waals surface area contributed by atoms with E-state index >= 15 is 0 Å². The molecule has 0 bridgehead atoms. The first-order chi connectivity index (χ1) is 11.5. The third-order valence-electron chi connectivity index (χ3n) is 3.38. The van der Waals surface area contributed by atoms with Crippen molar-refractivity contribution in [1.29, 1.82) is 0 Å². The molecule has 1 fully saturated rings. The highest BCUT2D eigenvalue weighted by atomic mass is 79.9. The minimum atomic E-state index is -0.739. The van der Waals surface area contributed by atoms with Crippen LogP contribution in [-0.4, -0.2) is 36.4 Å². The van der Waals surface area contributed by atoms with Gasteiger partial charge in [0.1, 0.15) is 5.75 Å². The van der Waals surface area contributed by atoms with E-state index in [0.29, 0.717) is 22.4 Å². The molecule has 2 atom stereocenters. The molecule has 2 rings (SSSR count). The van der Waals surface area contributed by atoms with Gasteiger partial charge in [0.25, 0.3) is 5.91 Å². The minimum absolute atomic E-state index is 0.169. The van der Waals surface area contributed by atoms with Crippen molar-refractivity contribution in [3.05, 3.63) is 27.7 Å². The Labute approximate surface area is 159 Å². The molecule has 1 saturated heterocycles. The van der Waals surface area contributed by atoms with Crippen LogP contribution in [0.5, 0.6) is 5.75 Å². The Morgan fingerprint density at radius 1 is 1.54 bits per heavy atom. The Balaban J connectivity index is 1.71. The summed E-state index contributed by atoms with van der Waals surface area (Å²) in [5.41, 5.74) is 5.14. The van der Waals surface area contributed by atoms with Gasteiger partial charge in [-0.1, -0.05) is 27.5 Å². The highest BCUT2D eigenvalue weighted by molar-refractivity contribution is 9.10. The predicted octanol–water partition coefficient (Wildman–Crippen LogP) is 2.54. The molecule has 1 aromatic rings. The highest BCUT2D eigenvalue weighted by Crippen LogP contribution is 2.28. The van der Waals surface area contributed by atoms with Crippen LogP contribution in [0.4, 0.5) is 0 Å². The predicted molar refractivity (Wildman–Crippen MR) is 100 cm³/mol. The number of carbonyl (C=O) groups is 1. The van der Waals surface area contributed by atoms with Crippen LogP contribution in [0.25, 0.3) is 0 Å². The average Bonchev–Trinajstić information content (AvgIpc) is 3.06. The second-order valence-electron chi connectivity index (χ2n) is 5.29. The molecule has 3 N–H and O–H groups in total. The van der Waals surface area contributed by atoms with Gasteiger partial charge in [-0.2, -0.15) is 0 Å². The molecule has 0 aliphatic carbocycles. The van der Waals surface area contributed by atoms with Gasteiger partial charge in [0.2, 0.25) is 0 Å². The molecule has 1 aliphatic heterocycles. The van der Waals surface area contributed by atoms with Crippen LogP contribution >= 0.6 is 39.7 Å². The Hall–Kier alpha value is -1.09. The molecule has 0 aromatic heterocycles. The molecule has 0 radical (unpaired) electrons. The molecular weight excluding hydrogens is 418 g/mol. The monoisotopic (exact) mass is 435 g/mol. The van der Waals surface area contributed by atoms with E-state index in [1.165, 1.54) is 0 Å². The molecule has 0 unspecified atom stereocenters. The van der Waals surface area contributed by atoms with Gasteiger partial charge in [-0.25, -0.2) is 0 Å². The summed E-state index contributed by atoms with van der Waals surface area (Å²) >= 11 is 14.5. The van der Waals surface area contributed by atoms with Crippen molar-refractivity contribution >= 4 is 50.8 Å². The van der Waals surface area contributed by atoms with Crippen molar-refractivity contribution in [1.82, 2.24) is 16.2 Å². The van der Waals surface area contributed by atoms with Crippen molar-refractivity contribution in [2.45, 2.75) is 32.0 Å². The van der Waals surface area contributed by atoms with Crippen molar-refractivity contribution in [2.24, 2.45) is 0 Å². The Morgan fingerprint density at radius 3 is 3.00 bits per heavy atom. The van der Waals surface area contributed by atoms with Crippen molar-refractivity contribution in [3.8, 4) is 5.75 Å². The largest absolute Gasteiger partial charge is 0.479 e. The van der Waals surface area contributed by atoms with E-state index in [1.54, 1.807) is 25.1 Å². The first kappa shape index (κ1) is 19.2. The summed E-state index contributed by atoms with van der Waals surface area (Å²) in [5.74, 6) is 0.0665. The maximum absolute atomic E-state index is 12.0.